The van der Waals surface area contributed by atoms with E-state index in [1.807, 2.05) is 36.4 Å². The summed E-state index contributed by atoms with van der Waals surface area (Å²) in [6, 6.07) is 16.9. The van der Waals surface area contributed by atoms with Gasteiger partial charge in [0.15, 0.2) is 11.5 Å². The van der Waals surface area contributed by atoms with E-state index >= 15 is 0 Å². The highest BCUT2D eigenvalue weighted by atomic mass is 16.5. The number of carbonyl (C=O) groups is 1. The second-order valence-corrected chi connectivity index (χ2v) is 7.15. The molecule has 9 heteroatoms. The minimum Gasteiger partial charge on any atom is -0.496 e. The number of carbonyl (C=O) groups excluding carboxylic acids is 1. The van der Waals surface area contributed by atoms with Crippen LogP contribution in [0.15, 0.2) is 59.7 Å². The van der Waals surface area contributed by atoms with Gasteiger partial charge in [-0.3, -0.25) is 9.89 Å². The van der Waals surface area contributed by atoms with Gasteiger partial charge in [0.05, 0.1) is 45.9 Å². The Hall–Kier alpha value is -4.53. The van der Waals surface area contributed by atoms with Gasteiger partial charge in [0.2, 0.25) is 5.75 Å². The molecule has 0 aliphatic rings. The molecule has 1 amide bonds. The third kappa shape index (κ3) is 4.23. The molecule has 4 aromatic rings. The third-order valence-corrected chi connectivity index (χ3v) is 5.29. The first-order chi connectivity index (χ1) is 16.6. The molecular formula is C25H24N4O5. The van der Waals surface area contributed by atoms with E-state index in [0.717, 1.165) is 16.3 Å². The Bertz CT molecular complexity index is 1360. The third-order valence-electron chi connectivity index (χ3n) is 5.29. The molecule has 4 rings (SSSR count). The first-order valence-corrected chi connectivity index (χ1v) is 10.3. The maximum atomic E-state index is 12.7. The number of hydrogen-bond acceptors (Lipinski definition) is 7. The lowest BCUT2D eigenvalue weighted by molar-refractivity contribution is 0.0950. The summed E-state index contributed by atoms with van der Waals surface area (Å²) in [5.41, 5.74) is 4.74. The van der Waals surface area contributed by atoms with Gasteiger partial charge in [-0.25, -0.2) is 5.43 Å². The molecular weight excluding hydrogens is 436 g/mol. The van der Waals surface area contributed by atoms with Crippen molar-refractivity contribution in [1.29, 1.82) is 0 Å². The van der Waals surface area contributed by atoms with Crippen molar-refractivity contribution in [2.45, 2.75) is 0 Å². The van der Waals surface area contributed by atoms with Crippen LogP contribution in [0.3, 0.4) is 0 Å². The molecule has 0 aliphatic heterocycles. The van der Waals surface area contributed by atoms with E-state index in [-0.39, 0.29) is 5.69 Å². The van der Waals surface area contributed by atoms with Gasteiger partial charge < -0.3 is 18.9 Å². The van der Waals surface area contributed by atoms with Gasteiger partial charge in [0.25, 0.3) is 5.91 Å². The number of hydrazone groups is 1. The summed E-state index contributed by atoms with van der Waals surface area (Å²) in [6.45, 7) is 0. The summed E-state index contributed by atoms with van der Waals surface area (Å²) in [4.78, 5) is 12.7. The van der Waals surface area contributed by atoms with Crippen LogP contribution in [0.5, 0.6) is 23.0 Å². The Morgan fingerprint density at radius 2 is 1.65 bits per heavy atom. The summed E-state index contributed by atoms with van der Waals surface area (Å²) in [7, 11) is 6.17. The monoisotopic (exact) mass is 460 g/mol. The Balaban J connectivity index is 1.57. The average Bonchev–Trinajstić information content (AvgIpc) is 3.37. The highest BCUT2D eigenvalue weighted by Gasteiger charge is 2.17. The molecule has 0 bridgehead atoms. The minimum atomic E-state index is -0.450. The number of methoxy groups -OCH3 is 4. The Kier molecular flexibility index (Phi) is 6.63. The number of rotatable bonds is 8. The molecule has 0 saturated heterocycles. The fourth-order valence-electron chi connectivity index (χ4n) is 3.70. The van der Waals surface area contributed by atoms with Crippen molar-refractivity contribution >= 4 is 22.9 Å². The van der Waals surface area contributed by atoms with Crippen LogP contribution in [-0.4, -0.2) is 50.8 Å². The molecule has 1 aromatic heterocycles. The van der Waals surface area contributed by atoms with Crippen LogP contribution in [0, 0.1) is 0 Å². The van der Waals surface area contributed by atoms with Crippen LogP contribution in [0.4, 0.5) is 0 Å². The van der Waals surface area contributed by atoms with Gasteiger partial charge in [-0.2, -0.15) is 10.2 Å². The summed E-state index contributed by atoms with van der Waals surface area (Å²) >= 11 is 0. The van der Waals surface area contributed by atoms with E-state index in [2.05, 4.69) is 20.7 Å². The number of aromatic amines is 1. The van der Waals surface area contributed by atoms with E-state index in [1.165, 1.54) is 27.5 Å². The average molecular weight is 460 g/mol. The molecule has 174 valence electrons. The molecule has 0 unspecified atom stereocenters. The zero-order valence-corrected chi connectivity index (χ0v) is 19.2. The lowest BCUT2D eigenvalue weighted by Gasteiger charge is -2.13. The predicted octanol–water partition coefficient (Wildman–Crippen LogP) is 4.03. The molecule has 0 spiro atoms. The van der Waals surface area contributed by atoms with E-state index < -0.39 is 5.91 Å². The van der Waals surface area contributed by atoms with Gasteiger partial charge in [0, 0.05) is 5.56 Å². The van der Waals surface area contributed by atoms with E-state index in [4.69, 9.17) is 18.9 Å². The highest BCUT2D eigenvalue weighted by molar-refractivity contribution is 6.01. The number of H-pyrrole nitrogens is 1. The zero-order valence-electron chi connectivity index (χ0n) is 19.2. The number of benzene rings is 3. The Labute approximate surface area is 196 Å². The number of nitrogens with one attached hydrogen (secondary N) is 2. The fraction of sp³-hybridized carbons (Fsp3) is 0.160. The van der Waals surface area contributed by atoms with Gasteiger partial charge in [-0.05, 0) is 35.0 Å². The van der Waals surface area contributed by atoms with Gasteiger partial charge >= 0.3 is 0 Å². The number of nitrogens with zero attached hydrogens (tertiary/aromatic N) is 2. The summed E-state index contributed by atoms with van der Waals surface area (Å²) in [5, 5.41) is 13.2. The van der Waals surface area contributed by atoms with Gasteiger partial charge in [0.1, 0.15) is 11.4 Å². The van der Waals surface area contributed by atoms with Gasteiger partial charge in [-0.15, -0.1) is 0 Å². The second kappa shape index (κ2) is 9.95. The number of aromatic nitrogens is 2. The van der Waals surface area contributed by atoms with E-state index in [9.17, 15) is 4.79 Å². The molecule has 0 atom stereocenters. The number of fused-ring (bicyclic) bond motifs is 1. The molecule has 9 nitrogen and oxygen atoms in total. The van der Waals surface area contributed by atoms with Crippen molar-refractivity contribution < 1.29 is 23.7 Å². The predicted molar refractivity (Wildman–Crippen MR) is 129 cm³/mol. The lowest BCUT2D eigenvalue weighted by Crippen LogP contribution is -2.18. The topological polar surface area (TPSA) is 107 Å². The van der Waals surface area contributed by atoms with Crippen molar-refractivity contribution in [3.05, 3.63) is 65.9 Å². The molecule has 0 aliphatic carbocycles. The molecule has 1 heterocycles. The number of ether oxygens (including phenoxy) is 4. The first kappa shape index (κ1) is 22.7. The summed E-state index contributed by atoms with van der Waals surface area (Å²) < 4.78 is 21.6. The molecule has 3 aromatic carbocycles. The number of amides is 1. The Morgan fingerprint density at radius 1 is 0.912 bits per heavy atom. The number of hydrogen-bond donors (Lipinski definition) is 2. The zero-order chi connectivity index (χ0) is 24.1. The van der Waals surface area contributed by atoms with Crippen LogP contribution in [0.2, 0.25) is 0 Å². The molecule has 0 radical (unpaired) electrons. The molecule has 2 N–H and O–H groups in total. The summed E-state index contributed by atoms with van der Waals surface area (Å²) in [6.07, 6.45) is 1.46. The van der Waals surface area contributed by atoms with Crippen molar-refractivity contribution in [1.82, 2.24) is 15.6 Å². The maximum Gasteiger partial charge on any atom is 0.289 e. The summed E-state index contributed by atoms with van der Waals surface area (Å²) in [5.74, 6) is 1.60. The largest absolute Gasteiger partial charge is 0.496 e. The normalized spacial score (nSPS) is 10.9. The maximum absolute atomic E-state index is 12.7. The SMILES string of the molecule is COc1ccc(C=NNC(=O)c2cc(-c3c(OC)ccc4ccccc34)n[nH]2)c(OC)c1OC. The molecule has 34 heavy (non-hydrogen) atoms. The van der Waals surface area contributed by atoms with Crippen molar-refractivity contribution in [2.75, 3.05) is 28.4 Å². The van der Waals surface area contributed by atoms with Crippen molar-refractivity contribution in [3.8, 4) is 34.3 Å². The quantitative estimate of drug-likeness (QED) is 0.304. The minimum absolute atomic E-state index is 0.251. The van der Waals surface area contributed by atoms with E-state index in [1.54, 1.807) is 25.3 Å². The van der Waals surface area contributed by atoms with E-state index in [0.29, 0.717) is 34.3 Å². The van der Waals surface area contributed by atoms with Crippen LogP contribution >= 0.6 is 0 Å². The Morgan fingerprint density at radius 3 is 2.38 bits per heavy atom. The second-order valence-electron chi connectivity index (χ2n) is 7.15. The standard InChI is InChI=1S/C25H24N4O5/c1-31-20-11-9-15-7-5-6-8-17(15)22(20)18-13-19(28-27-18)25(30)29-26-14-16-10-12-21(32-2)24(34-4)23(16)33-3/h5-14H,1-4H3,(H,27,28)(H,29,30). The fourth-order valence-corrected chi connectivity index (χ4v) is 3.70. The van der Waals surface area contributed by atoms with Crippen LogP contribution in [0.25, 0.3) is 22.0 Å². The van der Waals surface area contributed by atoms with Gasteiger partial charge in [-0.1, -0.05) is 30.3 Å². The van der Waals surface area contributed by atoms with Crippen molar-refractivity contribution in [2.24, 2.45) is 5.10 Å². The van der Waals surface area contributed by atoms with Crippen LogP contribution < -0.4 is 24.4 Å². The first-order valence-electron chi connectivity index (χ1n) is 10.3. The molecule has 0 fully saturated rings. The highest BCUT2D eigenvalue weighted by Crippen LogP contribution is 2.39. The van der Waals surface area contributed by atoms with Crippen molar-refractivity contribution in [3.63, 3.8) is 0 Å². The molecule has 0 saturated carbocycles. The smallest absolute Gasteiger partial charge is 0.289 e. The van der Waals surface area contributed by atoms with Crippen LogP contribution in [-0.2, 0) is 0 Å². The lowest BCUT2D eigenvalue weighted by atomic mass is 10.0. The van der Waals surface area contributed by atoms with Crippen LogP contribution in [0.1, 0.15) is 16.1 Å².